The number of hydrogen-bond acceptors (Lipinski definition) is 0. The standard InChI is InChI=1S/C30H54/c1-22(2)24-14-16-27-25(20-24)15-17-28-29(4,18-11-19-30(27,28)5)21-26-13-10-8-6-7-9-12-23(26)3/h22-28H,6-21H2,1-5H3. The maximum Gasteiger partial charge on any atom is -0.0261 e. The fourth-order valence-electron chi connectivity index (χ4n) is 9.68. The summed E-state index contributed by atoms with van der Waals surface area (Å²) >= 11 is 0. The predicted octanol–water partition coefficient (Wildman–Crippen LogP) is 9.67. The summed E-state index contributed by atoms with van der Waals surface area (Å²) in [6, 6.07) is 0. The van der Waals surface area contributed by atoms with Crippen LogP contribution >= 0.6 is 0 Å². The Bertz CT molecular complexity index is 548. The fourth-order valence-corrected chi connectivity index (χ4v) is 9.68. The monoisotopic (exact) mass is 414 g/mol. The van der Waals surface area contributed by atoms with Crippen molar-refractivity contribution in [3.63, 3.8) is 0 Å². The Morgan fingerprint density at radius 1 is 0.767 bits per heavy atom. The molecule has 0 amide bonds. The van der Waals surface area contributed by atoms with Gasteiger partial charge in [0.05, 0.1) is 0 Å². The van der Waals surface area contributed by atoms with E-state index in [4.69, 9.17) is 0 Å². The molecule has 0 aliphatic heterocycles. The highest BCUT2D eigenvalue weighted by molar-refractivity contribution is 5.06. The van der Waals surface area contributed by atoms with Gasteiger partial charge in [0.25, 0.3) is 0 Å². The van der Waals surface area contributed by atoms with E-state index in [0.29, 0.717) is 10.8 Å². The van der Waals surface area contributed by atoms with Crippen molar-refractivity contribution >= 4 is 0 Å². The van der Waals surface area contributed by atoms with Crippen molar-refractivity contribution in [2.45, 2.75) is 137 Å². The van der Waals surface area contributed by atoms with E-state index >= 15 is 0 Å². The normalized spacial score (nSPS) is 48.2. The summed E-state index contributed by atoms with van der Waals surface area (Å²) in [6.45, 7) is 13.1. The van der Waals surface area contributed by atoms with Crippen LogP contribution in [0.3, 0.4) is 0 Å². The first-order valence-electron chi connectivity index (χ1n) is 14.3. The van der Waals surface area contributed by atoms with Crippen molar-refractivity contribution in [2.75, 3.05) is 0 Å². The Morgan fingerprint density at radius 2 is 1.50 bits per heavy atom. The third-order valence-corrected chi connectivity index (χ3v) is 11.5. The van der Waals surface area contributed by atoms with Crippen molar-refractivity contribution in [3.8, 4) is 0 Å². The molecule has 0 radical (unpaired) electrons. The zero-order valence-corrected chi connectivity index (χ0v) is 21.4. The summed E-state index contributed by atoms with van der Waals surface area (Å²) < 4.78 is 0. The van der Waals surface area contributed by atoms with Gasteiger partial charge in [0.1, 0.15) is 0 Å². The van der Waals surface area contributed by atoms with Crippen LogP contribution in [-0.4, -0.2) is 0 Å². The van der Waals surface area contributed by atoms with Crippen molar-refractivity contribution in [2.24, 2.45) is 52.3 Å². The van der Waals surface area contributed by atoms with E-state index in [1.165, 1.54) is 64.2 Å². The maximum absolute atomic E-state index is 2.79. The fraction of sp³-hybridized carbons (Fsp3) is 1.00. The highest BCUT2D eigenvalue weighted by atomic mass is 14.6. The van der Waals surface area contributed by atoms with E-state index in [1.54, 1.807) is 38.5 Å². The minimum atomic E-state index is 0.625. The van der Waals surface area contributed by atoms with Crippen LogP contribution in [0.1, 0.15) is 137 Å². The van der Waals surface area contributed by atoms with Crippen LogP contribution in [0.2, 0.25) is 0 Å². The van der Waals surface area contributed by atoms with Crippen LogP contribution < -0.4 is 0 Å². The summed E-state index contributed by atoms with van der Waals surface area (Å²) in [6.07, 6.45) is 24.4. The Balaban J connectivity index is 1.50. The lowest BCUT2D eigenvalue weighted by atomic mass is 9.42. The SMILES string of the molecule is CC(C)C1CCC2C(CCC3C(C)(CC4CCCCCCCC4C)CCCC23C)C1. The lowest BCUT2D eigenvalue weighted by Gasteiger charge is -2.62. The second kappa shape index (κ2) is 9.47. The summed E-state index contributed by atoms with van der Waals surface area (Å²) in [4.78, 5) is 0. The van der Waals surface area contributed by atoms with Crippen molar-refractivity contribution in [1.82, 2.24) is 0 Å². The van der Waals surface area contributed by atoms with E-state index in [1.807, 2.05) is 0 Å². The van der Waals surface area contributed by atoms with E-state index in [-0.39, 0.29) is 0 Å². The van der Waals surface area contributed by atoms with E-state index in [0.717, 1.165) is 41.4 Å². The molecule has 0 nitrogen and oxygen atoms in total. The molecule has 4 rings (SSSR count). The van der Waals surface area contributed by atoms with Crippen LogP contribution in [0, 0.1) is 52.3 Å². The first-order valence-corrected chi connectivity index (χ1v) is 14.3. The minimum Gasteiger partial charge on any atom is -0.0625 e. The summed E-state index contributed by atoms with van der Waals surface area (Å²) in [5.41, 5.74) is 1.28. The van der Waals surface area contributed by atoms with Gasteiger partial charge in [-0.2, -0.15) is 0 Å². The highest BCUT2D eigenvalue weighted by Gasteiger charge is 2.57. The van der Waals surface area contributed by atoms with Gasteiger partial charge in [-0.3, -0.25) is 0 Å². The molecule has 0 aromatic heterocycles. The number of rotatable bonds is 3. The largest absolute Gasteiger partial charge is 0.0625 e. The van der Waals surface area contributed by atoms with Gasteiger partial charge in [0, 0.05) is 0 Å². The lowest BCUT2D eigenvalue weighted by molar-refractivity contribution is -0.130. The molecule has 4 aliphatic carbocycles. The Morgan fingerprint density at radius 3 is 2.27 bits per heavy atom. The van der Waals surface area contributed by atoms with E-state index in [2.05, 4.69) is 34.6 Å². The number of fused-ring (bicyclic) bond motifs is 3. The molecule has 4 fully saturated rings. The topological polar surface area (TPSA) is 0 Å². The van der Waals surface area contributed by atoms with E-state index < -0.39 is 0 Å². The van der Waals surface area contributed by atoms with Crippen LogP contribution in [0.5, 0.6) is 0 Å². The molecule has 8 atom stereocenters. The Kier molecular flexibility index (Phi) is 7.31. The van der Waals surface area contributed by atoms with Gasteiger partial charge < -0.3 is 0 Å². The predicted molar refractivity (Wildman–Crippen MR) is 132 cm³/mol. The van der Waals surface area contributed by atoms with Gasteiger partial charge in [-0.15, -0.1) is 0 Å². The molecule has 0 bridgehead atoms. The smallest absolute Gasteiger partial charge is 0.0261 e. The summed E-state index contributed by atoms with van der Waals surface area (Å²) in [5.74, 6) is 6.99. The molecule has 8 unspecified atom stereocenters. The molecule has 0 N–H and O–H groups in total. The van der Waals surface area contributed by atoms with Crippen molar-refractivity contribution in [1.29, 1.82) is 0 Å². The molecular weight excluding hydrogens is 360 g/mol. The van der Waals surface area contributed by atoms with Gasteiger partial charge in [0.15, 0.2) is 0 Å². The molecule has 0 saturated heterocycles. The molecule has 0 spiro atoms. The van der Waals surface area contributed by atoms with Gasteiger partial charge in [-0.1, -0.05) is 86.0 Å². The molecular formula is C30H54. The van der Waals surface area contributed by atoms with Crippen LogP contribution in [0.15, 0.2) is 0 Å². The first kappa shape index (κ1) is 23.2. The second-order valence-electron chi connectivity index (χ2n) is 13.6. The molecule has 0 aromatic rings. The molecule has 4 aliphatic rings. The van der Waals surface area contributed by atoms with Crippen molar-refractivity contribution in [3.05, 3.63) is 0 Å². The van der Waals surface area contributed by atoms with Crippen LogP contribution in [0.25, 0.3) is 0 Å². The van der Waals surface area contributed by atoms with Crippen LogP contribution in [-0.2, 0) is 0 Å². The molecule has 0 aromatic carbocycles. The third kappa shape index (κ3) is 4.55. The van der Waals surface area contributed by atoms with Gasteiger partial charge >= 0.3 is 0 Å². The van der Waals surface area contributed by atoms with Gasteiger partial charge in [0.2, 0.25) is 0 Å². The summed E-state index contributed by atoms with van der Waals surface area (Å²) in [5, 5.41) is 0. The molecule has 0 heteroatoms. The average Bonchev–Trinajstić information content (AvgIpc) is 2.80. The Labute approximate surface area is 189 Å². The molecule has 4 saturated carbocycles. The highest BCUT2D eigenvalue weighted by Crippen LogP contribution is 2.66. The first-order chi connectivity index (χ1) is 14.3. The Hall–Kier alpha value is 0. The average molecular weight is 415 g/mol. The van der Waals surface area contributed by atoms with Crippen molar-refractivity contribution < 1.29 is 0 Å². The number of hydrogen-bond donors (Lipinski definition) is 0. The second-order valence-corrected chi connectivity index (χ2v) is 13.6. The van der Waals surface area contributed by atoms with Gasteiger partial charge in [-0.05, 0) is 104 Å². The van der Waals surface area contributed by atoms with E-state index in [9.17, 15) is 0 Å². The lowest BCUT2D eigenvalue weighted by Crippen LogP contribution is -2.54. The third-order valence-electron chi connectivity index (χ3n) is 11.5. The summed E-state index contributed by atoms with van der Waals surface area (Å²) in [7, 11) is 0. The zero-order chi connectivity index (χ0) is 21.4. The molecule has 174 valence electrons. The maximum atomic E-state index is 2.79. The van der Waals surface area contributed by atoms with Crippen LogP contribution in [0.4, 0.5) is 0 Å². The van der Waals surface area contributed by atoms with Gasteiger partial charge in [-0.25, -0.2) is 0 Å². The zero-order valence-electron chi connectivity index (χ0n) is 21.4. The minimum absolute atomic E-state index is 0.625. The quantitative estimate of drug-likeness (QED) is 0.431. The molecule has 30 heavy (non-hydrogen) atoms. The molecule has 0 heterocycles.